The molecule has 8 nitrogen and oxygen atoms in total. The summed E-state index contributed by atoms with van der Waals surface area (Å²) < 4.78 is 49.5. The van der Waals surface area contributed by atoms with Crippen LogP contribution in [0.15, 0.2) is 64.3 Å². The molecule has 0 aliphatic heterocycles. The second kappa shape index (κ2) is 10.3. The summed E-state index contributed by atoms with van der Waals surface area (Å²) in [6.45, 7) is 0.162. The zero-order valence-electron chi connectivity index (χ0n) is 17.0. The van der Waals surface area contributed by atoms with Gasteiger partial charge in [-0.15, -0.1) is 0 Å². The molecular weight excluding hydrogens is 509 g/mol. The van der Waals surface area contributed by atoms with Crippen molar-refractivity contribution in [1.82, 2.24) is 4.98 Å². The van der Waals surface area contributed by atoms with Crippen LogP contribution in [-0.2, 0) is 12.8 Å². The minimum absolute atomic E-state index is 0.0113. The zero-order chi connectivity index (χ0) is 24.0. The number of pyridine rings is 1. The minimum atomic E-state index is -4.46. The summed E-state index contributed by atoms with van der Waals surface area (Å²) in [6.07, 6.45) is -2.31. The molecule has 33 heavy (non-hydrogen) atoms. The number of benzene rings is 2. The van der Waals surface area contributed by atoms with Crippen LogP contribution >= 0.6 is 15.9 Å². The molecular formula is C21H16BrF3N4O4. The van der Waals surface area contributed by atoms with E-state index in [1.165, 1.54) is 31.5 Å². The lowest BCUT2D eigenvalue weighted by atomic mass is 10.2. The van der Waals surface area contributed by atoms with Crippen LogP contribution in [0.2, 0.25) is 0 Å². The number of anilines is 1. The first kappa shape index (κ1) is 24.0. The van der Waals surface area contributed by atoms with E-state index in [0.717, 1.165) is 11.6 Å². The van der Waals surface area contributed by atoms with Gasteiger partial charge in [-0.3, -0.25) is 15.5 Å². The molecule has 1 N–H and O–H groups in total. The van der Waals surface area contributed by atoms with Crippen molar-refractivity contribution in [3.05, 3.63) is 86.0 Å². The Balaban J connectivity index is 1.67. The van der Waals surface area contributed by atoms with Gasteiger partial charge in [-0.05, 0) is 57.9 Å². The third kappa shape index (κ3) is 6.42. The summed E-state index contributed by atoms with van der Waals surface area (Å²) >= 11 is 3.41. The van der Waals surface area contributed by atoms with Crippen molar-refractivity contribution in [2.75, 3.05) is 12.5 Å². The highest BCUT2D eigenvalue weighted by molar-refractivity contribution is 9.10. The van der Waals surface area contributed by atoms with Crippen molar-refractivity contribution in [3.63, 3.8) is 0 Å². The van der Waals surface area contributed by atoms with Crippen molar-refractivity contribution >= 4 is 33.6 Å². The van der Waals surface area contributed by atoms with E-state index in [2.05, 4.69) is 31.4 Å². The van der Waals surface area contributed by atoms with E-state index in [1.807, 2.05) is 0 Å². The van der Waals surface area contributed by atoms with Crippen molar-refractivity contribution in [1.29, 1.82) is 0 Å². The fraction of sp³-hybridized carbons (Fsp3) is 0.143. The van der Waals surface area contributed by atoms with E-state index in [4.69, 9.17) is 9.47 Å². The molecule has 0 aliphatic rings. The molecule has 1 aromatic heterocycles. The number of non-ortho nitro benzene ring substituents is 1. The van der Waals surface area contributed by atoms with Crippen LogP contribution < -0.4 is 14.9 Å². The number of aromatic nitrogens is 1. The number of ether oxygens (including phenoxy) is 2. The zero-order valence-corrected chi connectivity index (χ0v) is 18.6. The highest BCUT2D eigenvalue weighted by Gasteiger charge is 2.30. The molecule has 2 aromatic carbocycles. The Hall–Kier alpha value is -3.67. The van der Waals surface area contributed by atoms with Gasteiger partial charge in [0.1, 0.15) is 12.4 Å². The van der Waals surface area contributed by atoms with Crippen LogP contribution in [0.4, 0.5) is 24.7 Å². The largest absolute Gasteiger partial charge is 0.493 e. The van der Waals surface area contributed by atoms with Crippen LogP contribution in [0.1, 0.15) is 16.7 Å². The molecule has 1 heterocycles. The van der Waals surface area contributed by atoms with Crippen LogP contribution in [0.5, 0.6) is 11.5 Å². The van der Waals surface area contributed by atoms with Crippen molar-refractivity contribution in [3.8, 4) is 11.5 Å². The van der Waals surface area contributed by atoms with Gasteiger partial charge in [0.15, 0.2) is 11.5 Å². The maximum absolute atomic E-state index is 12.6. The number of alkyl halides is 3. The average molecular weight is 525 g/mol. The fourth-order valence-corrected chi connectivity index (χ4v) is 3.02. The Kier molecular flexibility index (Phi) is 7.48. The number of nitrogens with one attached hydrogen (secondary N) is 1. The van der Waals surface area contributed by atoms with Gasteiger partial charge in [0, 0.05) is 28.4 Å². The van der Waals surface area contributed by atoms with E-state index < -0.39 is 16.7 Å². The summed E-state index contributed by atoms with van der Waals surface area (Å²) in [5.74, 6) is 0.983. The molecule has 0 radical (unpaired) electrons. The lowest BCUT2D eigenvalue weighted by Crippen LogP contribution is -2.05. The number of hydrogen-bond donors (Lipinski definition) is 1. The Morgan fingerprint density at radius 3 is 2.48 bits per heavy atom. The third-order valence-electron chi connectivity index (χ3n) is 4.30. The van der Waals surface area contributed by atoms with Gasteiger partial charge in [0.2, 0.25) is 0 Å². The van der Waals surface area contributed by atoms with Crippen LogP contribution in [0, 0.1) is 10.1 Å². The number of hydrazone groups is 1. The first-order valence-electron chi connectivity index (χ1n) is 9.23. The summed E-state index contributed by atoms with van der Waals surface area (Å²) in [5.41, 5.74) is 3.04. The molecule has 0 spiro atoms. The molecule has 0 saturated heterocycles. The van der Waals surface area contributed by atoms with Crippen molar-refractivity contribution < 1.29 is 27.6 Å². The number of halogens is 4. The maximum Gasteiger partial charge on any atom is 0.417 e. The molecule has 0 saturated carbocycles. The van der Waals surface area contributed by atoms with E-state index in [-0.39, 0.29) is 18.1 Å². The molecule has 0 unspecified atom stereocenters. The summed E-state index contributed by atoms with van der Waals surface area (Å²) in [6, 6.07) is 11.4. The second-order valence-electron chi connectivity index (χ2n) is 6.54. The lowest BCUT2D eigenvalue weighted by molar-refractivity contribution is -0.384. The van der Waals surface area contributed by atoms with Crippen molar-refractivity contribution in [2.45, 2.75) is 12.8 Å². The highest BCUT2D eigenvalue weighted by atomic mass is 79.9. The van der Waals surface area contributed by atoms with Gasteiger partial charge < -0.3 is 9.47 Å². The van der Waals surface area contributed by atoms with Gasteiger partial charge in [-0.25, -0.2) is 4.98 Å². The average Bonchev–Trinajstić information content (AvgIpc) is 2.78. The number of methoxy groups -OCH3 is 1. The first-order chi connectivity index (χ1) is 15.7. The standard InChI is InChI=1S/C21H16BrF3N4O4/c1-32-18-8-14(10-27-28-20-7-4-15(11-26-20)21(23,24)25)17(22)9-19(18)33-12-13-2-5-16(6-3-13)29(30)31/h2-11H,12H2,1H3,(H,26,28)/b27-10-. The number of nitro benzene ring substituents is 1. The van der Waals surface area contributed by atoms with E-state index >= 15 is 0 Å². The highest BCUT2D eigenvalue weighted by Crippen LogP contribution is 2.34. The lowest BCUT2D eigenvalue weighted by Gasteiger charge is -2.13. The predicted molar refractivity (Wildman–Crippen MR) is 119 cm³/mol. The van der Waals surface area contributed by atoms with Gasteiger partial charge >= 0.3 is 6.18 Å². The number of rotatable bonds is 8. The molecule has 0 amide bonds. The van der Waals surface area contributed by atoms with Crippen LogP contribution in [0.25, 0.3) is 0 Å². The monoisotopic (exact) mass is 524 g/mol. The van der Waals surface area contributed by atoms with Gasteiger partial charge in [0.05, 0.1) is 23.8 Å². The smallest absolute Gasteiger partial charge is 0.417 e. The summed E-state index contributed by atoms with van der Waals surface area (Å²) in [7, 11) is 1.47. The molecule has 0 bridgehead atoms. The number of nitro groups is 1. The Labute approximate surface area is 194 Å². The summed E-state index contributed by atoms with van der Waals surface area (Å²) in [5, 5.41) is 14.7. The Bertz CT molecular complexity index is 1150. The SMILES string of the molecule is COc1cc(/C=N\Nc2ccc(C(F)(F)F)cn2)c(Br)cc1OCc1ccc([N+](=O)[O-])cc1. The topological polar surface area (TPSA) is 98.9 Å². The molecule has 3 aromatic rings. The second-order valence-corrected chi connectivity index (χ2v) is 7.39. The molecule has 0 aliphatic carbocycles. The third-order valence-corrected chi connectivity index (χ3v) is 4.98. The normalized spacial score (nSPS) is 11.4. The molecule has 0 atom stereocenters. The molecule has 3 rings (SSSR count). The maximum atomic E-state index is 12.6. The Morgan fingerprint density at radius 2 is 1.91 bits per heavy atom. The molecule has 12 heteroatoms. The van der Waals surface area contributed by atoms with E-state index in [9.17, 15) is 23.3 Å². The van der Waals surface area contributed by atoms with Gasteiger partial charge in [0.25, 0.3) is 5.69 Å². The van der Waals surface area contributed by atoms with E-state index in [0.29, 0.717) is 27.7 Å². The number of nitrogens with zero attached hydrogens (tertiary/aromatic N) is 3. The first-order valence-corrected chi connectivity index (χ1v) is 10.0. The molecule has 0 fully saturated rings. The van der Waals surface area contributed by atoms with Crippen molar-refractivity contribution in [2.24, 2.45) is 5.10 Å². The van der Waals surface area contributed by atoms with Gasteiger partial charge in [-0.1, -0.05) is 0 Å². The quantitative estimate of drug-likeness (QED) is 0.227. The number of hydrogen-bond acceptors (Lipinski definition) is 7. The van der Waals surface area contributed by atoms with Gasteiger partial charge in [-0.2, -0.15) is 18.3 Å². The summed E-state index contributed by atoms with van der Waals surface area (Å²) in [4.78, 5) is 13.9. The fourth-order valence-electron chi connectivity index (χ4n) is 2.59. The minimum Gasteiger partial charge on any atom is -0.493 e. The van der Waals surface area contributed by atoms with Crippen LogP contribution in [0.3, 0.4) is 0 Å². The predicted octanol–water partition coefficient (Wildman–Crippen LogP) is 5.80. The van der Waals surface area contributed by atoms with Crippen LogP contribution in [-0.4, -0.2) is 23.2 Å². The Morgan fingerprint density at radius 1 is 1.18 bits per heavy atom. The van der Waals surface area contributed by atoms with E-state index in [1.54, 1.807) is 24.3 Å². The molecule has 172 valence electrons.